The molecule has 8 nitrogen and oxygen atoms in total. The first-order valence-corrected chi connectivity index (χ1v) is 15.2. The van der Waals surface area contributed by atoms with Gasteiger partial charge < -0.3 is 18.8 Å². The molecule has 0 fully saturated rings. The molecule has 3 atom stereocenters. The Morgan fingerprint density at radius 3 is 2.14 bits per heavy atom. The summed E-state index contributed by atoms with van der Waals surface area (Å²) in [5.41, 5.74) is -1.76. The van der Waals surface area contributed by atoms with Crippen LogP contribution in [0.1, 0.15) is 83.2 Å². The number of rotatable bonds is 11. The van der Waals surface area contributed by atoms with Gasteiger partial charge in [0, 0.05) is 11.4 Å². The quantitative estimate of drug-likeness (QED) is 0.155. The fourth-order valence-corrected chi connectivity index (χ4v) is 4.96. The number of hydrogen-bond donors (Lipinski definition) is 2. The molecule has 0 radical (unpaired) electrons. The molecule has 1 amide bonds. The van der Waals surface area contributed by atoms with Gasteiger partial charge in [-0.1, -0.05) is 48.0 Å². The molecule has 2 N–H and O–H groups in total. The molecule has 0 saturated heterocycles. The number of alkyl carbamates (subject to hydrolysis) is 1. The van der Waals surface area contributed by atoms with E-state index in [0.29, 0.717) is 16.7 Å². The molecule has 2 aromatic rings. The third kappa shape index (κ3) is 11.1. The lowest BCUT2D eigenvalue weighted by atomic mass is 9.87. The van der Waals surface area contributed by atoms with Gasteiger partial charge >= 0.3 is 18.2 Å². The molecule has 0 heterocycles. The van der Waals surface area contributed by atoms with Crippen LogP contribution in [0, 0.1) is 6.92 Å². The van der Waals surface area contributed by atoms with Crippen molar-refractivity contribution in [1.82, 2.24) is 10.0 Å². The van der Waals surface area contributed by atoms with E-state index in [0.717, 1.165) is 19.2 Å². The largest absolute Gasteiger partial charge is 0.598 e. The SMILES string of the molecule is COC(=O)/C(=C/C[C@](CO[C@H](C)c1cc(C)cc(C(F)(F)F)c1)(N[S@+]([O-])C(C)(C)C)c1ccccc1)NC(=O)OC(C)(C)C. The zero-order chi connectivity index (χ0) is 33.5. The number of esters is 1. The first kappa shape index (κ1) is 37.1. The second-order valence-corrected chi connectivity index (χ2v) is 14.4. The Hall–Kier alpha value is -3.06. The Bertz CT molecular complexity index is 1310. The number of carbonyl (C=O) groups is 2. The summed E-state index contributed by atoms with van der Waals surface area (Å²) >= 11 is -1.67. The third-order valence-electron chi connectivity index (χ3n) is 6.34. The predicted molar refractivity (Wildman–Crippen MR) is 164 cm³/mol. The van der Waals surface area contributed by atoms with E-state index in [9.17, 15) is 27.3 Å². The Morgan fingerprint density at radius 1 is 1.00 bits per heavy atom. The van der Waals surface area contributed by atoms with Crippen LogP contribution >= 0.6 is 0 Å². The van der Waals surface area contributed by atoms with Crippen LogP contribution in [-0.2, 0) is 42.1 Å². The predicted octanol–water partition coefficient (Wildman–Crippen LogP) is 7.01. The summed E-state index contributed by atoms with van der Waals surface area (Å²) in [6.07, 6.45) is -4.84. The van der Waals surface area contributed by atoms with Gasteiger partial charge in [0.15, 0.2) is 0 Å². The first-order valence-electron chi connectivity index (χ1n) is 14.0. The van der Waals surface area contributed by atoms with Crippen molar-refractivity contribution in [3.8, 4) is 0 Å². The maximum Gasteiger partial charge on any atom is 0.416 e. The minimum atomic E-state index is -4.53. The summed E-state index contributed by atoms with van der Waals surface area (Å²) in [7, 11) is 1.16. The van der Waals surface area contributed by atoms with Crippen LogP contribution in [0.5, 0.6) is 0 Å². The molecule has 244 valence electrons. The Labute approximate surface area is 261 Å². The number of benzene rings is 2. The number of alkyl halides is 3. The molecule has 2 aromatic carbocycles. The molecule has 0 saturated carbocycles. The fraction of sp³-hybridized carbons (Fsp3) is 0.500. The second kappa shape index (κ2) is 14.8. The van der Waals surface area contributed by atoms with Crippen LogP contribution < -0.4 is 10.0 Å². The smallest absolute Gasteiger partial charge is 0.416 e. The van der Waals surface area contributed by atoms with E-state index in [-0.39, 0.29) is 18.7 Å². The van der Waals surface area contributed by atoms with Crippen molar-refractivity contribution < 1.29 is 41.5 Å². The van der Waals surface area contributed by atoms with E-state index < -0.39 is 57.2 Å². The minimum absolute atomic E-state index is 0.0482. The summed E-state index contributed by atoms with van der Waals surface area (Å²) in [5.74, 6) is -0.844. The number of nitrogens with one attached hydrogen (secondary N) is 2. The van der Waals surface area contributed by atoms with Crippen LogP contribution in [0.3, 0.4) is 0 Å². The van der Waals surface area contributed by atoms with Crippen molar-refractivity contribution in [2.45, 2.75) is 90.0 Å². The summed E-state index contributed by atoms with van der Waals surface area (Å²) in [5, 5.41) is 2.42. The molecule has 0 spiro atoms. The molecule has 0 aliphatic rings. The summed E-state index contributed by atoms with van der Waals surface area (Å²) in [6, 6.07) is 12.6. The van der Waals surface area contributed by atoms with Gasteiger partial charge in [-0.2, -0.15) is 13.2 Å². The highest BCUT2D eigenvalue weighted by atomic mass is 32.2. The van der Waals surface area contributed by atoms with Crippen LogP contribution in [-0.4, -0.2) is 40.7 Å². The summed E-state index contributed by atoms with van der Waals surface area (Å²) in [6.45, 7) is 13.4. The van der Waals surface area contributed by atoms with Gasteiger partial charge in [-0.15, -0.1) is 4.72 Å². The normalized spacial score (nSPS) is 15.6. The standard InChI is InChI=1S/C32H43F3N2O6S/c1-21-17-23(19-25(18-21)32(33,34)35)22(2)42-20-31(24-13-11-10-12-14-24,37-44(40)30(6,7)8)16-15-26(27(38)41-9)36-28(39)43-29(3,4)5/h10-15,17-19,22,37H,16,20H2,1-9H3,(H,36,39)/b26-15-/t22-,31-,44-/m1/s1. The molecular formula is C32H43F3N2O6S. The number of methoxy groups -OCH3 is 1. The Kier molecular flexibility index (Phi) is 12.5. The highest BCUT2D eigenvalue weighted by molar-refractivity contribution is 7.90. The summed E-state index contributed by atoms with van der Waals surface area (Å²) in [4.78, 5) is 25.2. The number of amides is 1. The van der Waals surface area contributed by atoms with Crippen LogP contribution in [0.2, 0.25) is 0 Å². The second-order valence-electron chi connectivity index (χ2n) is 12.5. The van der Waals surface area contributed by atoms with Gasteiger partial charge in [0.1, 0.15) is 21.6 Å². The monoisotopic (exact) mass is 640 g/mol. The minimum Gasteiger partial charge on any atom is -0.598 e. The topological polar surface area (TPSA) is 109 Å². The highest BCUT2D eigenvalue weighted by Gasteiger charge is 2.41. The van der Waals surface area contributed by atoms with Gasteiger partial charge in [0.25, 0.3) is 0 Å². The van der Waals surface area contributed by atoms with Gasteiger partial charge in [0.05, 0.1) is 25.4 Å². The Balaban J connectivity index is 2.60. The fourth-order valence-electron chi connectivity index (χ4n) is 4.04. The van der Waals surface area contributed by atoms with Crippen molar-refractivity contribution in [2.75, 3.05) is 13.7 Å². The number of halogens is 3. The van der Waals surface area contributed by atoms with Crippen molar-refractivity contribution >= 4 is 23.4 Å². The molecule has 0 unspecified atom stereocenters. The van der Waals surface area contributed by atoms with Crippen molar-refractivity contribution in [3.63, 3.8) is 0 Å². The van der Waals surface area contributed by atoms with Crippen molar-refractivity contribution in [3.05, 3.63) is 82.6 Å². The maximum atomic E-state index is 13.6. The molecule has 0 aliphatic heterocycles. The van der Waals surface area contributed by atoms with Crippen LogP contribution in [0.15, 0.2) is 60.3 Å². The Morgan fingerprint density at radius 2 is 1.61 bits per heavy atom. The van der Waals surface area contributed by atoms with Crippen molar-refractivity contribution in [1.29, 1.82) is 0 Å². The van der Waals surface area contributed by atoms with E-state index in [4.69, 9.17) is 14.2 Å². The third-order valence-corrected chi connectivity index (χ3v) is 8.03. The van der Waals surface area contributed by atoms with Gasteiger partial charge in [0.2, 0.25) is 0 Å². The zero-order valence-electron chi connectivity index (χ0n) is 26.7. The van der Waals surface area contributed by atoms with Crippen molar-refractivity contribution in [2.24, 2.45) is 0 Å². The number of carbonyl (C=O) groups excluding carboxylic acids is 2. The molecule has 2 rings (SSSR count). The van der Waals surface area contributed by atoms with Gasteiger partial charge in [-0.25, -0.2) is 9.59 Å². The zero-order valence-corrected chi connectivity index (χ0v) is 27.5. The van der Waals surface area contributed by atoms with Gasteiger partial charge in [-0.3, -0.25) is 5.32 Å². The molecule has 12 heteroatoms. The number of aryl methyl sites for hydroxylation is 1. The lowest BCUT2D eigenvalue weighted by Gasteiger charge is -2.38. The van der Waals surface area contributed by atoms with E-state index in [1.165, 1.54) is 6.08 Å². The molecule has 0 aliphatic carbocycles. The number of ether oxygens (including phenoxy) is 3. The highest BCUT2D eigenvalue weighted by Crippen LogP contribution is 2.35. The molecular weight excluding hydrogens is 597 g/mol. The van der Waals surface area contributed by atoms with Crippen LogP contribution in [0.25, 0.3) is 0 Å². The molecule has 0 bridgehead atoms. The van der Waals surface area contributed by atoms with E-state index in [2.05, 4.69) is 10.0 Å². The molecule has 0 aromatic heterocycles. The van der Waals surface area contributed by atoms with E-state index >= 15 is 0 Å². The van der Waals surface area contributed by atoms with E-state index in [1.54, 1.807) is 91.8 Å². The first-order chi connectivity index (χ1) is 20.2. The number of hydrogen-bond acceptors (Lipinski definition) is 7. The maximum absolute atomic E-state index is 13.6. The van der Waals surface area contributed by atoms with Crippen LogP contribution in [0.4, 0.5) is 18.0 Å². The molecule has 44 heavy (non-hydrogen) atoms. The van der Waals surface area contributed by atoms with Gasteiger partial charge in [-0.05, 0) is 85.1 Å². The summed E-state index contributed by atoms with van der Waals surface area (Å²) < 4.78 is 73.0. The average Bonchev–Trinajstić information content (AvgIpc) is 2.91. The average molecular weight is 641 g/mol. The van der Waals surface area contributed by atoms with E-state index in [1.807, 2.05) is 0 Å². The lowest BCUT2D eigenvalue weighted by molar-refractivity contribution is -0.138. The lowest BCUT2D eigenvalue weighted by Crippen LogP contribution is -2.54.